The minimum absolute atomic E-state index is 0.238. The van der Waals surface area contributed by atoms with Gasteiger partial charge in [-0.2, -0.15) is 0 Å². The Morgan fingerprint density at radius 2 is 2.00 bits per heavy atom. The number of aryl methyl sites for hydroxylation is 1. The Bertz CT molecular complexity index is 342. The summed E-state index contributed by atoms with van der Waals surface area (Å²) in [5.41, 5.74) is 5.79. The molecule has 1 aromatic rings. The van der Waals surface area contributed by atoms with Gasteiger partial charge in [-0.1, -0.05) is 13.8 Å². The molecule has 0 amide bonds. The average Bonchev–Trinajstić information content (AvgIpc) is 2.32. The molecule has 0 atom stereocenters. The van der Waals surface area contributed by atoms with Crippen LogP contribution in [0.25, 0.3) is 0 Å². The maximum absolute atomic E-state index is 13.7. The molecule has 0 radical (unpaired) electrons. The second kappa shape index (κ2) is 5.21. The Kier molecular flexibility index (Phi) is 4.18. The summed E-state index contributed by atoms with van der Waals surface area (Å²) >= 11 is 0. The van der Waals surface area contributed by atoms with Gasteiger partial charge in [-0.25, -0.2) is 14.4 Å². The van der Waals surface area contributed by atoms with E-state index < -0.39 is 5.82 Å². The van der Waals surface area contributed by atoms with Gasteiger partial charge in [0.15, 0.2) is 11.6 Å². The smallest absolute Gasteiger partial charge is 0.186 e. The molecular formula is C11H19FN4. The lowest BCUT2D eigenvalue weighted by Crippen LogP contribution is -2.44. The molecule has 0 aromatic carbocycles. The fourth-order valence-corrected chi connectivity index (χ4v) is 1.56. The number of hydrogen-bond donors (Lipinski definition) is 2. The molecule has 0 spiro atoms. The molecule has 1 aromatic heterocycles. The zero-order valence-corrected chi connectivity index (χ0v) is 10.0. The highest BCUT2D eigenvalue weighted by molar-refractivity contribution is 5.40. The maximum atomic E-state index is 13.7. The van der Waals surface area contributed by atoms with Gasteiger partial charge < -0.3 is 11.1 Å². The molecule has 0 aliphatic rings. The number of aromatic nitrogens is 2. The SMILES string of the molecule is CCC(CC)(CN)Nc1ncnc(C)c1F. The Balaban J connectivity index is 2.98. The largest absolute Gasteiger partial charge is 0.361 e. The summed E-state index contributed by atoms with van der Waals surface area (Å²) in [6.07, 6.45) is 3.00. The van der Waals surface area contributed by atoms with E-state index in [-0.39, 0.29) is 11.4 Å². The van der Waals surface area contributed by atoms with Crippen LogP contribution in [0.2, 0.25) is 0 Å². The molecule has 0 saturated heterocycles. The molecule has 5 heteroatoms. The van der Waals surface area contributed by atoms with Crippen LogP contribution in [0.4, 0.5) is 10.2 Å². The molecule has 0 aliphatic heterocycles. The van der Waals surface area contributed by atoms with Gasteiger partial charge in [-0.15, -0.1) is 0 Å². The first kappa shape index (κ1) is 12.8. The summed E-state index contributed by atoms with van der Waals surface area (Å²) in [7, 11) is 0. The van der Waals surface area contributed by atoms with Gasteiger partial charge in [0, 0.05) is 6.54 Å². The summed E-state index contributed by atoms with van der Waals surface area (Å²) in [6.45, 7) is 6.11. The van der Waals surface area contributed by atoms with Crippen molar-refractivity contribution < 1.29 is 4.39 Å². The van der Waals surface area contributed by atoms with Gasteiger partial charge in [-0.3, -0.25) is 0 Å². The standard InChI is InChI=1S/C11H19FN4/c1-4-11(5-2,6-13)16-10-9(12)8(3)14-7-15-10/h7H,4-6,13H2,1-3H3,(H,14,15,16). The molecule has 1 heterocycles. The summed E-state index contributed by atoms with van der Waals surface area (Å²) < 4.78 is 13.7. The molecule has 0 saturated carbocycles. The van der Waals surface area contributed by atoms with Gasteiger partial charge >= 0.3 is 0 Å². The maximum Gasteiger partial charge on any atom is 0.186 e. The van der Waals surface area contributed by atoms with Gasteiger partial charge in [0.1, 0.15) is 6.33 Å². The summed E-state index contributed by atoms with van der Waals surface area (Å²) in [6, 6.07) is 0. The van der Waals surface area contributed by atoms with Crippen molar-refractivity contribution in [3.63, 3.8) is 0 Å². The number of rotatable bonds is 5. The fourth-order valence-electron chi connectivity index (χ4n) is 1.56. The third-order valence-corrected chi connectivity index (χ3v) is 3.09. The van der Waals surface area contributed by atoms with Crippen LogP contribution >= 0.6 is 0 Å². The van der Waals surface area contributed by atoms with E-state index in [1.165, 1.54) is 6.33 Å². The van der Waals surface area contributed by atoms with E-state index in [2.05, 4.69) is 15.3 Å². The van der Waals surface area contributed by atoms with E-state index in [9.17, 15) is 4.39 Å². The Labute approximate surface area is 95.5 Å². The van der Waals surface area contributed by atoms with Crippen LogP contribution < -0.4 is 11.1 Å². The first-order valence-corrected chi connectivity index (χ1v) is 5.54. The lowest BCUT2D eigenvalue weighted by Gasteiger charge is -2.32. The molecule has 0 unspecified atom stereocenters. The van der Waals surface area contributed by atoms with Crippen molar-refractivity contribution in [1.29, 1.82) is 0 Å². The van der Waals surface area contributed by atoms with Crippen LogP contribution in [0.1, 0.15) is 32.4 Å². The third-order valence-electron chi connectivity index (χ3n) is 3.09. The van der Waals surface area contributed by atoms with Crippen LogP contribution in [-0.4, -0.2) is 22.1 Å². The van der Waals surface area contributed by atoms with Crippen molar-refractivity contribution in [3.8, 4) is 0 Å². The predicted molar refractivity (Wildman–Crippen MR) is 62.7 cm³/mol. The van der Waals surface area contributed by atoms with E-state index in [1.54, 1.807) is 6.92 Å². The Morgan fingerprint density at radius 1 is 1.38 bits per heavy atom. The summed E-state index contributed by atoms with van der Waals surface area (Å²) in [4.78, 5) is 7.70. The first-order chi connectivity index (χ1) is 7.58. The van der Waals surface area contributed by atoms with Crippen molar-refractivity contribution in [2.75, 3.05) is 11.9 Å². The van der Waals surface area contributed by atoms with Gasteiger partial charge in [0.05, 0.1) is 11.2 Å². The lowest BCUT2D eigenvalue weighted by atomic mass is 9.93. The van der Waals surface area contributed by atoms with E-state index in [1.807, 2.05) is 13.8 Å². The molecule has 3 N–H and O–H groups in total. The summed E-state index contributed by atoms with van der Waals surface area (Å²) in [5.74, 6) is -0.163. The normalized spacial score (nSPS) is 11.6. The molecule has 0 aliphatic carbocycles. The molecule has 90 valence electrons. The van der Waals surface area contributed by atoms with E-state index in [0.717, 1.165) is 12.8 Å². The van der Waals surface area contributed by atoms with Crippen LogP contribution in [0.5, 0.6) is 0 Å². The van der Waals surface area contributed by atoms with Gasteiger partial charge in [0.2, 0.25) is 0 Å². The molecule has 1 rings (SSSR count). The quantitative estimate of drug-likeness (QED) is 0.804. The highest BCUT2D eigenvalue weighted by Crippen LogP contribution is 2.22. The second-order valence-corrected chi connectivity index (χ2v) is 3.94. The van der Waals surface area contributed by atoms with E-state index >= 15 is 0 Å². The molecule has 0 fully saturated rings. The van der Waals surface area contributed by atoms with Crippen LogP contribution in [0.3, 0.4) is 0 Å². The molecular weight excluding hydrogens is 207 g/mol. The molecule has 0 bridgehead atoms. The van der Waals surface area contributed by atoms with E-state index in [4.69, 9.17) is 5.73 Å². The predicted octanol–water partition coefficient (Wildman–Crippen LogP) is 1.85. The second-order valence-electron chi connectivity index (χ2n) is 3.94. The molecule has 16 heavy (non-hydrogen) atoms. The number of halogens is 1. The van der Waals surface area contributed by atoms with Crippen LogP contribution in [0.15, 0.2) is 6.33 Å². The number of nitrogens with zero attached hydrogens (tertiary/aromatic N) is 2. The van der Waals surface area contributed by atoms with Crippen LogP contribution in [0, 0.1) is 12.7 Å². The average molecular weight is 226 g/mol. The minimum Gasteiger partial charge on any atom is -0.361 e. The van der Waals surface area contributed by atoms with Crippen LogP contribution in [-0.2, 0) is 0 Å². The topological polar surface area (TPSA) is 63.8 Å². The van der Waals surface area contributed by atoms with E-state index in [0.29, 0.717) is 12.2 Å². The highest BCUT2D eigenvalue weighted by atomic mass is 19.1. The van der Waals surface area contributed by atoms with Crippen molar-refractivity contribution in [1.82, 2.24) is 9.97 Å². The minimum atomic E-state index is -0.401. The zero-order valence-electron chi connectivity index (χ0n) is 10.0. The number of nitrogens with two attached hydrogens (primary N) is 1. The number of anilines is 1. The van der Waals surface area contributed by atoms with Crippen molar-refractivity contribution >= 4 is 5.82 Å². The zero-order chi connectivity index (χ0) is 12.2. The van der Waals surface area contributed by atoms with Gasteiger partial charge in [0.25, 0.3) is 0 Å². The van der Waals surface area contributed by atoms with Crippen molar-refractivity contribution in [2.24, 2.45) is 5.73 Å². The summed E-state index contributed by atoms with van der Waals surface area (Å²) in [5, 5.41) is 3.10. The highest BCUT2D eigenvalue weighted by Gasteiger charge is 2.26. The monoisotopic (exact) mass is 226 g/mol. The Morgan fingerprint density at radius 3 is 2.50 bits per heavy atom. The Hall–Kier alpha value is -1.23. The first-order valence-electron chi connectivity index (χ1n) is 5.54. The fraction of sp³-hybridized carbons (Fsp3) is 0.636. The number of hydrogen-bond acceptors (Lipinski definition) is 4. The lowest BCUT2D eigenvalue weighted by molar-refractivity contribution is 0.439. The van der Waals surface area contributed by atoms with Crippen molar-refractivity contribution in [2.45, 2.75) is 39.2 Å². The van der Waals surface area contributed by atoms with Crippen molar-refractivity contribution in [3.05, 3.63) is 17.8 Å². The molecule has 4 nitrogen and oxygen atoms in total. The number of nitrogens with one attached hydrogen (secondary N) is 1. The third kappa shape index (κ3) is 2.47. The van der Waals surface area contributed by atoms with Gasteiger partial charge in [-0.05, 0) is 19.8 Å².